The zero-order chi connectivity index (χ0) is 17.8. The van der Waals surface area contributed by atoms with Crippen molar-refractivity contribution in [3.8, 4) is 16.9 Å². The van der Waals surface area contributed by atoms with E-state index in [9.17, 15) is 0 Å². The summed E-state index contributed by atoms with van der Waals surface area (Å²) < 4.78 is 5.32. The lowest BCUT2D eigenvalue weighted by atomic mass is 10.1. The molecule has 5 nitrogen and oxygen atoms in total. The van der Waals surface area contributed by atoms with E-state index < -0.39 is 0 Å². The summed E-state index contributed by atoms with van der Waals surface area (Å²) in [5.41, 5.74) is 4.76. The highest BCUT2D eigenvalue weighted by atomic mass is 16.5. The maximum absolute atomic E-state index is 5.32. The molecule has 1 aromatic heterocycles. The first-order valence-electron chi connectivity index (χ1n) is 9.01. The van der Waals surface area contributed by atoms with Crippen LogP contribution in [0.5, 0.6) is 5.75 Å². The van der Waals surface area contributed by atoms with Crippen LogP contribution in [0.4, 0.5) is 5.69 Å². The maximum atomic E-state index is 5.32. The van der Waals surface area contributed by atoms with Crippen LogP contribution < -0.4 is 10.1 Å². The molecule has 0 saturated carbocycles. The van der Waals surface area contributed by atoms with Gasteiger partial charge in [0.15, 0.2) is 0 Å². The third-order valence-corrected chi connectivity index (χ3v) is 4.90. The Hall–Kier alpha value is -2.79. The number of hydrogen-bond donors (Lipinski definition) is 2. The summed E-state index contributed by atoms with van der Waals surface area (Å²) in [5, 5.41) is 10.5. The highest BCUT2D eigenvalue weighted by molar-refractivity contribution is 5.64. The van der Waals surface area contributed by atoms with Crippen molar-refractivity contribution in [3.63, 3.8) is 0 Å². The smallest absolute Gasteiger partial charge is 0.119 e. The summed E-state index contributed by atoms with van der Waals surface area (Å²) in [6, 6.07) is 17.4. The fraction of sp³-hybridized carbons (Fsp3) is 0.286. The van der Waals surface area contributed by atoms with Gasteiger partial charge in [-0.3, -0.25) is 10.00 Å². The predicted molar refractivity (Wildman–Crippen MR) is 104 cm³/mol. The van der Waals surface area contributed by atoms with Crippen molar-refractivity contribution < 1.29 is 4.74 Å². The second kappa shape index (κ2) is 7.62. The second-order valence-electron chi connectivity index (χ2n) is 6.78. The van der Waals surface area contributed by atoms with Gasteiger partial charge in [0.1, 0.15) is 5.75 Å². The molecular formula is C21H24N4O. The lowest BCUT2D eigenvalue weighted by Gasteiger charge is -2.18. The van der Waals surface area contributed by atoms with Gasteiger partial charge in [0.05, 0.1) is 13.3 Å². The third-order valence-electron chi connectivity index (χ3n) is 4.90. The van der Waals surface area contributed by atoms with Gasteiger partial charge >= 0.3 is 0 Å². The van der Waals surface area contributed by atoms with Crippen molar-refractivity contribution in [2.45, 2.75) is 19.0 Å². The van der Waals surface area contributed by atoms with E-state index in [1.165, 1.54) is 16.8 Å². The summed E-state index contributed by atoms with van der Waals surface area (Å²) in [6.07, 6.45) is 4.92. The van der Waals surface area contributed by atoms with Gasteiger partial charge in [-0.2, -0.15) is 5.10 Å². The van der Waals surface area contributed by atoms with Gasteiger partial charge in [-0.1, -0.05) is 24.3 Å². The Kier molecular flexibility index (Phi) is 4.88. The van der Waals surface area contributed by atoms with E-state index in [-0.39, 0.29) is 0 Å². The van der Waals surface area contributed by atoms with E-state index >= 15 is 0 Å². The van der Waals surface area contributed by atoms with Crippen molar-refractivity contribution in [1.82, 2.24) is 15.1 Å². The van der Waals surface area contributed by atoms with Crippen LogP contribution in [-0.4, -0.2) is 41.3 Å². The topological polar surface area (TPSA) is 53.2 Å². The number of aromatic nitrogens is 2. The third kappa shape index (κ3) is 3.89. The number of likely N-dealkylation sites (tertiary alicyclic amines) is 1. The lowest BCUT2D eigenvalue weighted by Crippen LogP contribution is -2.25. The molecule has 2 N–H and O–H groups in total. The molecule has 0 bridgehead atoms. The van der Waals surface area contributed by atoms with E-state index in [0.717, 1.165) is 37.4 Å². The Labute approximate surface area is 154 Å². The summed E-state index contributed by atoms with van der Waals surface area (Å²) in [7, 11) is 1.72. The van der Waals surface area contributed by atoms with E-state index in [1.807, 2.05) is 18.5 Å². The molecular weight excluding hydrogens is 324 g/mol. The molecule has 1 unspecified atom stereocenters. The predicted octanol–water partition coefficient (Wildman–Crippen LogP) is 3.77. The normalized spacial score (nSPS) is 17.3. The number of hydrogen-bond acceptors (Lipinski definition) is 4. The first-order valence-corrected chi connectivity index (χ1v) is 9.01. The molecule has 0 amide bonds. The van der Waals surface area contributed by atoms with Crippen molar-refractivity contribution in [2.75, 3.05) is 25.5 Å². The van der Waals surface area contributed by atoms with Gasteiger partial charge in [-0.25, -0.2) is 0 Å². The van der Waals surface area contributed by atoms with Crippen molar-refractivity contribution >= 4 is 5.69 Å². The molecule has 26 heavy (non-hydrogen) atoms. The molecule has 2 heterocycles. The van der Waals surface area contributed by atoms with E-state index in [1.54, 1.807) is 7.11 Å². The molecule has 3 aromatic rings. The molecule has 5 heteroatoms. The average molecular weight is 348 g/mol. The van der Waals surface area contributed by atoms with Crippen molar-refractivity contribution in [3.05, 3.63) is 66.5 Å². The van der Waals surface area contributed by atoms with Crippen LogP contribution >= 0.6 is 0 Å². The summed E-state index contributed by atoms with van der Waals surface area (Å²) in [6.45, 7) is 3.14. The van der Waals surface area contributed by atoms with Crippen LogP contribution in [0.25, 0.3) is 11.1 Å². The largest absolute Gasteiger partial charge is 0.497 e. The van der Waals surface area contributed by atoms with E-state index in [2.05, 4.69) is 62.9 Å². The minimum absolute atomic E-state index is 0.486. The first kappa shape index (κ1) is 16.7. The van der Waals surface area contributed by atoms with Crippen molar-refractivity contribution in [2.24, 2.45) is 0 Å². The minimum atomic E-state index is 0.486. The molecule has 134 valence electrons. The van der Waals surface area contributed by atoms with Crippen molar-refractivity contribution in [1.29, 1.82) is 0 Å². The Morgan fingerprint density at radius 1 is 1.19 bits per heavy atom. The van der Waals surface area contributed by atoms with Gasteiger partial charge in [0, 0.05) is 43.1 Å². The maximum Gasteiger partial charge on any atom is 0.119 e. The summed E-state index contributed by atoms with van der Waals surface area (Å²) >= 11 is 0. The summed E-state index contributed by atoms with van der Waals surface area (Å²) in [5.74, 6) is 0.925. The van der Waals surface area contributed by atoms with Crippen LogP contribution in [-0.2, 0) is 6.54 Å². The second-order valence-corrected chi connectivity index (χ2v) is 6.78. The van der Waals surface area contributed by atoms with Gasteiger partial charge in [0.25, 0.3) is 0 Å². The standard InChI is InChI=1S/C21H24N4O/c1-26-21-4-2-3-16(11-21)14-25-10-9-20(15-25)24-19-7-5-17(6-8-19)18-12-22-23-13-18/h2-8,11-13,20,24H,9-10,14-15H2,1H3,(H,22,23). The van der Waals surface area contributed by atoms with Crippen LogP contribution in [0.15, 0.2) is 60.9 Å². The Bertz CT molecular complexity index is 829. The fourth-order valence-corrected chi connectivity index (χ4v) is 3.53. The number of aromatic amines is 1. The van der Waals surface area contributed by atoms with Crippen LogP contribution in [0.3, 0.4) is 0 Å². The van der Waals surface area contributed by atoms with Gasteiger partial charge in [-0.15, -0.1) is 0 Å². The van der Waals surface area contributed by atoms with Crippen LogP contribution in [0, 0.1) is 0 Å². The fourth-order valence-electron chi connectivity index (χ4n) is 3.53. The Morgan fingerprint density at radius 3 is 2.85 bits per heavy atom. The zero-order valence-corrected chi connectivity index (χ0v) is 15.0. The highest BCUT2D eigenvalue weighted by Crippen LogP contribution is 2.23. The Morgan fingerprint density at radius 2 is 2.08 bits per heavy atom. The number of nitrogens with one attached hydrogen (secondary N) is 2. The summed E-state index contributed by atoms with van der Waals surface area (Å²) in [4.78, 5) is 2.49. The number of benzene rings is 2. The number of anilines is 1. The molecule has 2 aromatic carbocycles. The molecule has 0 radical (unpaired) electrons. The number of nitrogens with zero attached hydrogens (tertiary/aromatic N) is 2. The number of ether oxygens (including phenoxy) is 1. The molecule has 0 spiro atoms. The molecule has 1 saturated heterocycles. The number of H-pyrrole nitrogens is 1. The van der Waals surface area contributed by atoms with Gasteiger partial charge in [0.2, 0.25) is 0 Å². The zero-order valence-electron chi connectivity index (χ0n) is 15.0. The monoisotopic (exact) mass is 348 g/mol. The van der Waals surface area contributed by atoms with E-state index in [0.29, 0.717) is 6.04 Å². The minimum Gasteiger partial charge on any atom is -0.497 e. The molecule has 4 rings (SSSR count). The van der Waals surface area contributed by atoms with E-state index in [4.69, 9.17) is 4.74 Å². The first-order chi connectivity index (χ1) is 12.8. The SMILES string of the molecule is COc1cccc(CN2CCC(Nc3ccc(-c4cn[nH]c4)cc3)C2)c1. The van der Waals surface area contributed by atoms with Gasteiger partial charge < -0.3 is 10.1 Å². The van der Waals surface area contributed by atoms with Gasteiger partial charge in [-0.05, 0) is 41.8 Å². The average Bonchev–Trinajstić information content (AvgIpc) is 3.35. The lowest BCUT2D eigenvalue weighted by molar-refractivity contribution is 0.327. The molecule has 0 aliphatic carbocycles. The quantitative estimate of drug-likeness (QED) is 0.712. The van der Waals surface area contributed by atoms with Crippen LogP contribution in [0.1, 0.15) is 12.0 Å². The number of methoxy groups -OCH3 is 1. The Balaban J connectivity index is 1.32. The van der Waals surface area contributed by atoms with Crippen LogP contribution in [0.2, 0.25) is 0 Å². The highest BCUT2D eigenvalue weighted by Gasteiger charge is 2.22. The molecule has 1 atom stereocenters. The molecule has 1 aliphatic rings. The number of rotatable bonds is 6. The molecule has 1 fully saturated rings. The molecule has 1 aliphatic heterocycles.